The lowest BCUT2D eigenvalue weighted by atomic mass is 10.2. The van der Waals surface area contributed by atoms with Gasteiger partial charge in [-0.3, -0.25) is 4.90 Å². The van der Waals surface area contributed by atoms with Gasteiger partial charge in [0.25, 0.3) is 0 Å². The predicted octanol–water partition coefficient (Wildman–Crippen LogP) is 0.0118. The van der Waals surface area contributed by atoms with Crippen molar-refractivity contribution in [2.75, 3.05) is 19.9 Å². The zero-order valence-electron chi connectivity index (χ0n) is 6.71. The summed E-state index contributed by atoms with van der Waals surface area (Å²) < 4.78 is 5.26. The molecule has 1 rings (SSSR count). The fourth-order valence-corrected chi connectivity index (χ4v) is 1.09. The molecular formula is C7H16N2O. The molecule has 3 heteroatoms. The summed E-state index contributed by atoms with van der Waals surface area (Å²) in [6.07, 6.45) is 0. The highest BCUT2D eigenvalue weighted by molar-refractivity contribution is 4.72. The van der Waals surface area contributed by atoms with E-state index in [0.717, 1.165) is 13.3 Å². The van der Waals surface area contributed by atoms with Crippen molar-refractivity contribution in [3.8, 4) is 0 Å². The van der Waals surface area contributed by atoms with Crippen LogP contribution in [0.1, 0.15) is 13.8 Å². The third-order valence-electron chi connectivity index (χ3n) is 1.79. The van der Waals surface area contributed by atoms with Gasteiger partial charge in [-0.05, 0) is 13.8 Å². The molecule has 1 aliphatic rings. The van der Waals surface area contributed by atoms with E-state index in [9.17, 15) is 0 Å². The lowest BCUT2D eigenvalue weighted by Gasteiger charge is -2.33. The molecule has 0 aromatic carbocycles. The van der Waals surface area contributed by atoms with E-state index in [1.165, 1.54) is 0 Å². The Balaban J connectivity index is 2.32. The second kappa shape index (κ2) is 3.32. The van der Waals surface area contributed by atoms with Crippen LogP contribution in [0.4, 0.5) is 0 Å². The van der Waals surface area contributed by atoms with Crippen molar-refractivity contribution >= 4 is 0 Å². The molecule has 0 aliphatic carbocycles. The van der Waals surface area contributed by atoms with E-state index in [1.807, 2.05) is 0 Å². The van der Waals surface area contributed by atoms with Gasteiger partial charge in [0.15, 0.2) is 0 Å². The van der Waals surface area contributed by atoms with Gasteiger partial charge in [0.2, 0.25) is 0 Å². The average Bonchev–Trinajstić information content (AvgIpc) is 1.88. The summed E-state index contributed by atoms with van der Waals surface area (Å²) in [5.41, 5.74) is 5.70. The second-order valence-electron chi connectivity index (χ2n) is 3.13. The van der Waals surface area contributed by atoms with Gasteiger partial charge in [0.05, 0.1) is 13.3 Å². The highest BCUT2D eigenvalue weighted by Crippen LogP contribution is 2.04. The smallest absolute Gasteiger partial charge is 0.0993 e. The minimum absolute atomic E-state index is 0.205. The molecule has 1 atom stereocenters. The zero-order valence-corrected chi connectivity index (χ0v) is 6.71. The first kappa shape index (κ1) is 7.98. The molecule has 1 heterocycles. The van der Waals surface area contributed by atoms with Crippen molar-refractivity contribution in [1.82, 2.24) is 4.90 Å². The summed E-state index contributed by atoms with van der Waals surface area (Å²) in [6.45, 7) is 6.73. The van der Waals surface area contributed by atoms with E-state index in [-0.39, 0.29) is 6.04 Å². The lowest BCUT2D eigenvalue weighted by molar-refractivity contribution is -0.0389. The number of nitrogens with zero attached hydrogens (tertiary/aromatic N) is 1. The van der Waals surface area contributed by atoms with E-state index in [2.05, 4.69) is 18.7 Å². The quantitative estimate of drug-likeness (QED) is 0.563. The minimum Gasteiger partial charge on any atom is -0.364 e. The molecule has 2 N–H and O–H groups in total. The Morgan fingerprint density at radius 2 is 2.30 bits per heavy atom. The van der Waals surface area contributed by atoms with Gasteiger partial charge in [-0.25, -0.2) is 0 Å². The molecule has 0 aromatic heterocycles. The van der Waals surface area contributed by atoms with Crippen molar-refractivity contribution in [2.24, 2.45) is 5.73 Å². The molecule has 0 unspecified atom stereocenters. The maximum Gasteiger partial charge on any atom is 0.0993 e. The molecule has 1 fully saturated rings. The number of rotatable bonds is 1. The van der Waals surface area contributed by atoms with Crippen LogP contribution in [-0.4, -0.2) is 36.9 Å². The first-order valence-corrected chi connectivity index (χ1v) is 3.77. The Kier molecular flexibility index (Phi) is 2.65. The normalized spacial score (nSPS) is 29.4. The number of hydrogen-bond donors (Lipinski definition) is 1. The molecular weight excluding hydrogens is 128 g/mol. The molecule has 0 aromatic rings. The third kappa shape index (κ3) is 1.94. The van der Waals surface area contributed by atoms with Crippen molar-refractivity contribution in [3.63, 3.8) is 0 Å². The van der Waals surface area contributed by atoms with Crippen molar-refractivity contribution in [1.29, 1.82) is 0 Å². The van der Waals surface area contributed by atoms with Crippen molar-refractivity contribution in [2.45, 2.75) is 25.9 Å². The van der Waals surface area contributed by atoms with E-state index >= 15 is 0 Å². The fraction of sp³-hybridized carbons (Fsp3) is 1.00. The summed E-state index contributed by atoms with van der Waals surface area (Å²) in [6, 6.07) is 0.752. The fourth-order valence-electron chi connectivity index (χ4n) is 1.09. The van der Waals surface area contributed by atoms with Crippen LogP contribution in [0.25, 0.3) is 0 Å². The summed E-state index contributed by atoms with van der Waals surface area (Å²) >= 11 is 0. The summed E-state index contributed by atoms with van der Waals surface area (Å²) in [7, 11) is 0. The predicted molar refractivity (Wildman–Crippen MR) is 40.6 cm³/mol. The summed E-state index contributed by atoms with van der Waals surface area (Å²) in [4.78, 5) is 2.23. The topological polar surface area (TPSA) is 38.5 Å². The van der Waals surface area contributed by atoms with Crippen LogP contribution in [0.2, 0.25) is 0 Å². The van der Waals surface area contributed by atoms with Crippen LogP contribution >= 0.6 is 0 Å². The Morgan fingerprint density at radius 3 is 2.70 bits per heavy atom. The molecule has 0 saturated carbocycles. The monoisotopic (exact) mass is 144 g/mol. The van der Waals surface area contributed by atoms with Crippen LogP contribution in [0, 0.1) is 0 Å². The molecule has 10 heavy (non-hydrogen) atoms. The number of hydrogen-bond acceptors (Lipinski definition) is 3. The van der Waals surface area contributed by atoms with Gasteiger partial charge in [0, 0.05) is 18.6 Å². The van der Waals surface area contributed by atoms with Crippen LogP contribution < -0.4 is 5.73 Å². The Hall–Kier alpha value is -0.120. The Morgan fingerprint density at radius 1 is 1.60 bits per heavy atom. The largest absolute Gasteiger partial charge is 0.364 e. The first-order valence-electron chi connectivity index (χ1n) is 3.77. The summed E-state index contributed by atoms with van der Waals surface area (Å²) in [5, 5.41) is 0. The molecule has 0 bridgehead atoms. The maximum atomic E-state index is 5.70. The minimum atomic E-state index is 0.205. The molecule has 0 radical (unpaired) electrons. The van der Waals surface area contributed by atoms with Gasteiger partial charge in [0.1, 0.15) is 0 Å². The Bertz CT molecular complexity index is 106. The molecule has 3 nitrogen and oxygen atoms in total. The highest BCUT2D eigenvalue weighted by atomic mass is 16.5. The van der Waals surface area contributed by atoms with Crippen LogP contribution in [0.3, 0.4) is 0 Å². The third-order valence-corrected chi connectivity index (χ3v) is 1.79. The van der Waals surface area contributed by atoms with E-state index < -0.39 is 0 Å². The van der Waals surface area contributed by atoms with Crippen LogP contribution in [-0.2, 0) is 4.74 Å². The van der Waals surface area contributed by atoms with Crippen molar-refractivity contribution < 1.29 is 4.74 Å². The molecule has 0 amide bonds. The Labute approximate surface area is 62.1 Å². The zero-order chi connectivity index (χ0) is 7.56. The molecule has 1 saturated heterocycles. The van der Waals surface area contributed by atoms with Gasteiger partial charge in [-0.1, -0.05) is 0 Å². The van der Waals surface area contributed by atoms with Gasteiger partial charge < -0.3 is 10.5 Å². The van der Waals surface area contributed by atoms with Gasteiger partial charge >= 0.3 is 0 Å². The van der Waals surface area contributed by atoms with Crippen molar-refractivity contribution in [3.05, 3.63) is 0 Å². The second-order valence-corrected chi connectivity index (χ2v) is 3.13. The summed E-state index contributed by atoms with van der Waals surface area (Å²) in [5.74, 6) is 0. The average molecular weight is 144 g/mol. The molecule has 60 valence electrons. The maximum absolute atomic E-state index is 5.70. The highest BCUT2D eigenvalue weighted by Gasteiger charge is 2.18. The standard InChI is InChI=1S/C7H16N2O/c1-6(2)9-3-7(8)4-10-5-9/h6-7H,3-5,8H2,1-2H3/t7-/m0/s1. The van der Waals surface area contributed by atoms with Gasteiger partial charge in [-0.2, -0.15) is 0 Å². The first-order chi connectivity index (χ1) is 4.70. The van der Waals surface area contributed by atoms with Crippen LogP contribution in [0.15, 0.2) is 0 Å². The van der Waals surface area contributed by atoms with E-state index in [0.29, 0.717) is 12.6 Å². The van der Waals surface area contributed by atoms with Crippen LogP contribution in [0.5, 0.6) is 0 Å². The number of ether oxygens (including phenoxy) is 1. The molecule has 1 aliphatic heterocycles. The lowest BCUT2D eigenvalue weighted by Crippen LogP contribution is -2.49. The number of nitrogens with two attached hydrogens (primary N) is 1. The van der Waals surface area contributed by atoms with Gasteiger partial charge in [-0.15, -0.1) is 0 Å². The SMILES string of the molecule is CC(C)N1COC[C@@H](N)C1. The van der Waals surface area contributed by atoms with E-state index in [4.69, 9.17) is 10.5 Å². The molecule has 0 spiro atoms. The van der Waals surface area contributed by atoms with E-state index in [1.54, 1.807) is 0 Å².